The molecule has 1 amide bonds. The van der Waals surface area contributed by atoms with Crippen LogP contribution in [0.4, 0.5) is 0 Å². The minimum atomic E-state index is -0.113. The summed E-state index contributed by atoms with van der Waals surface area (Å²) < 4.78 is 6.63. The SMILES string of the molecule is CCc1c(C(=O)NCC(C)C)cnn1-c1ccc(OC)nn1. The van der Waals surface area contributed by atoms with Gasteiger partial charge in [0.2, 0.25) is 5.88 Å². The predicted octanol–water partition coefficient (Wildman–Crippen LogP) is 1.62. The van der Waals surface area contributed by atoms with Crippen LogP contribution in [0.1, 0.15) is 36.8 Å². The van der Waals surface area contributed by atoms with Crippen molar-refractivity contribution in [2.75, 3.05) is 13.7 Å². The second kappa shape index (κ2) is 7.02. The van der Waals surface area contributed by atoms with E-state index in [1.165, 1.54) is 7.11 Å². The third-order valence-electron chi connectivity index (χ3n) is 3.17. The molecule has 2 aromatic rings. The average molecular weight is 303 g/mol. The first-order valence-corrected chi connectivity index (χ1v) is 7.30. The molecule has 22 heavy (non-hydrogen) atoms. The molecule has 0 aliphatic rings. The van der Waals surface area contributed by atoms with Gasteiger partial charge in [0.15, 0.2) is 5.82 Å². The summed E-state index contributed by atoms with van der Waals surface area (Å²) in [6.45, 7) is 6.72. The zero-order valence-corrected chi connectivity index (χ0v) is 13.3. The lowest BCUT2D eigenvalue weighted by atomic mass is 10.1. The monoisotopic (exact) mass is 303 g/mol. The second-order valence-electron chi connectivity index (χ2n) is 5.31. The molecule has 0 saturated heterocycles. The number of carbonyl (C=O) groups is 1. The van der Waals surface area contributed by atoms with Crippen LogP contribution in [0.15, 0.2) is 18.3 Å². The van der Waals surface area contributed by atoms with Gasteiger partial charge in [-0.2, -0.15) is 5.10 Å². The van der Waals surface area contributed by atoms with Crippen LogP contribution in [0.2, 0.25) is 0 Å². The van der Waals surface area contributed by atoms with Crippen molar-refractivity contribution in [3.8, 4) is 11.7 Å². The quantitative estimate of drug-likeness (QED) is 0.877. The molecule has 7 nitrogen and oxygen atoms in total. The van der Waals surface area contributed by atoms with Gasteiger partial charge >= 0.3 is 0 Å². The second-order valence-corrected chi connectivity index (χ2v) is 5.31. The van der Waals surface area contributed by atoms with Gasteiger partial charge in [-0.25, -0.2) is 4.68 Å². The van der Waals surface area contributed by atoms with E-state index >= 15 is 0 Å². The molecule has 0 aliphatic heterocycles. The van der Waals surface area contributed by atoms with E-state index in [1.54, 1.807) is 23.0 Å². The number of hydrogen-bond acceptors (Lipinski definition) is 5. The topological polar surface area (TPSA) is 81.9 Å². The number of carbonyl (C=O) groups excluding carboxylic acids is 1. The normalized spacial score (nSPS) is 10.8. The molecule has 0 bridgehead atoms. The maximum absolute atomic E-state index is 12.3. The number of rotatable bonds is 6. The molecule has 0 radical (unpaired) electrons. The van der Waals surface area contributed by atoms with Gasteiger partial charge in [0.1, 0.15) is 0 Å². The van der Waals surface area contributed by atoms with Gasteiger partial charge in [0.25, 0.3) is 5.91 Å². The number of methoxy groups -OCH3 is 1. The van der Waals surface area contributed by atoms with Crippen LogP contribution in [-0.4, -0.2) is 39.5 Å². The van der Waals surface area contributed by atoms with E-state index in [4.69, 9.17) is 4.74 Å². The van der Waals surface area contributed by atoms with Gasteiger partial charge in [0.05, 0.1) is 24.6 Å². The lowest BCUT2D eigenvalue weighted by molar-refractivity contribution is 0.0948. The lowest BCUT2D eigenvalue weighted by Crippen LogP contribution is -2.28. The van der Waals surface area contributed by atoms with Crippen molar-refractivity contribution >= 4 is 5.91 Å². The molecule has 0 atom stereocenters. The molecular formula is C15H21N5O2. The number of amides is 1. The summed E-state index contributed by atoms with van der Waals surface area (Å²) in [6.07, 6.45) is 2.23. The summed E-state index contributed by atoms with van der Waals surface area (Å²) >= 11 is 0. The van der Waals surface area contributed by atoms with Crippen LogP contribution >= 0.6 is 0 Å². The molecule has 0 aromatic carbocycles. The van der Waals surface area contributed by atoms with E-state index in [0.717, 1.165) is 5.69 Å². The van der Waals surface area contributed by atoms with Crippen LogP contribution < -0.4 is 10.1 Å². The van der Waals surface area contributed by atoms with Crippen molar-refractivity contribution in [2.45, 2.75) is 27.2 Å². The summed E-state index contributed by atoms with van der Waals surface area (Å²) in [5.74, 6) is 1.28. The van der Waals surface area contributed by atoms with E-state index in [-0.39, 0.29) is 5.91 Å². The summed E-state index contributed by atoms with van der Waals surface area (Å²) in [5.41, 5.74) is 1.38. The Morgan fingerprint density at radius 1 is 1.36 bits per heavy atom. The van der Waals surface area contributed by atoms with Crippen molar-refractivity contribution in [3.05, 3.63) is 29.6 Å². The van der Waals surface area contributed by atoms with Gasteiger partial charge in [-0.15, -0.1) is 10.2 Å². The number of nitrogens with one attached hydrogen (secondary N) is 1. The first kappa shape index (κ1) is 15.9. The Balaban J connectivity index is 2.28. The largest absolute Gasteiger partial charge is 0.480 e. The smallest absolute Gasteiger partial charge is 0.254 e. The van der Waals surface area contributed by atoms with E-state index < -0.39 is 0 Å². The van der Waals surface area contributed by atoms with Gasteiger partial charge in [-0.3, -0.25) is 4.79 Å². The Hall–Kier alpha value is -2.44. The van der Waals surface area contributed by atoms with Crippen LogP contribution in [-0.2, 0) is 6.42 Å². The maximum Gasteiger partial charge on any atom is 0.254 e. The Labute approximate surface area is 129 Å². The molecule has 0 aliphatic carbocycles. The molecule has 2 aromatic heterocycles. The highest BCUT2D eigenvalue weighted by Gasteiger charge is 2.18. The highest BCUT2D eigenvalue weighted by Crippen LogP contribution is 2.15. The van der Waals surface area contributed by atoms with E-state index in [1.807, 2.05) is 6.92 Å². The Morgan fingerprint density at radius 3 is 2.68 bits per heavy atom. The van der Waals surface area contributed by atoms with Crippen molar-refractivity contribution < 1.29 is 9.53 Å². The van der Waals surface area contributed by atoms with E-state index in [9.17, 15) is 4.79 Å². The zero-order chi connectivity index (χ0) is 16.1. The molecular weight excluding hydrogens is 282 g/mol. The van der Waals surface area contributed by atoms with E-state index in [2.05, 4.69) is 34.5 Å². The van der Waals surface area contributed by atoms with Crippen molar-refractivity contribution in [3.63, 3.8) is 0 Å². The minimum absolute atomic E-state index is 0.113. The van der Waals surface area contributed by atoms with Crippen LogP contribution in [0.5, 0.6) is 5.88 Å². The van der Waals surface area contributed by atoms with Crippen molar-refractivity contribution in [1.82, 2.24) is 25.3 Å². The number of ether oxygens (including phenoxy) is 1. The Bertz CT molecular complexity index is 634. The number of aromatic nitrogens is 4. The summed E-state index contributed by atoms with van der Waals surface area (Å²) in [5, 5.41) is 15.2. The van der Waals surface area contributed by atoms with Crippen molar-refractivity contribution in [1.29, 1.82) is 0 Å². The molecule has 0 saturated carbocycles. The predicted molar refractivity (Wildman–Crippen MR) is 82.3 cm³/mol. The van der Waals surface area contributed by atoms with Crippen LogP contribution in [0.25, 0.3) is 5.82 Å². The minimum Gasteiger partial charge on any atom is -0.480 e. The standard InChI is InChI=1S/C15H21N5O2/c1-5-12-11(15(21)16-8-10(2)3)9-17-20(12)13-6-7-14(22-4)19-18-13/h6-7,9-10H,5,8H2,1-4H3,(H,16,21). The first-order valence-electron chi connectivity index (χ1n) is 7.30. The Morgan fingerprint density at radius 2 is 2.14 bits per heavy atom. The average Bonchev–Trinajstić information content (AvgIpc) is 2.96. The molecule has 118 valence electrons. The zero-order valence-electron chi connectivity index (χ0n) is 13.3. The molecule has 7 heteroatoms. The van der Waals surface area contributed by atoms with Crippen LogP contribution in [0, 0.1) is 5.92 Å². The molecule has 2 heterocycles. The molecule has 1 N–H and O–H groups in total. The first-order chi connectivity index (χ1) is 10.6. The number of nitrogens with zero attached hydrogens (tertiary/aromatic N) is 4. The molecule has 0 fully saturated rings. The Kier molecular flexibility index (Phi) is 5.08. The lowest BCUT2D eigenvalue weighted by Gasteiger charge is -2.09. The summed E-state index contributed by atoms with van der Waals surface area (Å²) in [6, 6.07) is 3.47. The van der Waals surface area contributed by atoms with Crippen LogP contribution in [0.3, 0.4) is 0 Å². The maximum atomic E-state index is 12.3. The fourth-order valence-electron chi connectivity index (χ4n) is 2.03. The van der Waals surface area contributed by atoms with Gasteiger partial charge in [-0.05, 0) is 18.4 Å². The molecule has 2 rings (SSSR count). The fraction of sp³-hybridized carbons (Fsp3) is 0.467. The summed E-state index contributed by atoms with van der Waals surface area (Å²) in [7, 11) is 1.53. The summed E-state index contributed by atoms with van der Waals surface area (Å²) in [4.78, 5) is 12.3. The highest BCUT2D eigenvalue weighted by atomic mass is 16.5. The third kappa shape index (κ3) is 3.41. The van der Waals surface area contributed by atoms with Gasteiger partial charge in [-0.1, -0.05) is 20.8 Å². The van der Waals surface area contributed by atoms with Gasteiger partial charge < -0.3 is 10.1 Å². The highest BCUT2D eigenvalue weighted by molar-refractivity contribution is 5.95. The third-order valence-corrected chi connectivity index (χ3v) is 3.17. The van der Waals surface area contributed by atoms with Gasteiger partial charge in [0, 0.05) is 12.6 Å². The molecule has 0 spiro atoms. The number of hydrogen-bond donors (Lipinski definition) is 1. The molecule has 0 unspecified atom stereocenters. The van der Waals surface area contributed by atoms with E-state index in [0.29, 0.717) is 36.1 Å². The van der Waals surface area contributed by atoms with Crippen molar-refractivity contribution in [2.24, 2.45) is 5.92 Å². The fourth-order valence-corrected chi connectivity index (χ4v) is 2.03.